The van der Waals surface area contributed by atoms with Gasteiger partial charge in [-0.2, -0.15) is 0 Å². The molecule has 0 radical (unpaired) electrons. The second-order valence-corrected chi connectivity index (χ2v) is 10.2. The van der Waals surface area contributed by atoms with E-state index in [-0.39, 0.29) is 56.6 Å². The fraction of sp³-hybridized carbons (Fsp3) is 0.720. The van der Waals surface area contributed by atoms with Crippen molar-refractivity contribution in [1.29, 1.82) is 0 Å². The molecule has 5 rings (SSSR count). The molecule has 8 atom stereocenters. The molecular weight excluding hydrogens is 472 g/mol. The summed E-state index contributed by atoms with van der Waals surface area (Å²) in [6.07, 6.45) is 1.11. The molecule has 4 fully saturated rings. The van der Waals surface area contributed by atoms with Crippen LogP contribution in [0.25, 0.3) is 0 Å². The number of furan rings is 1. The lowest BCUT2D eigenvalue weighted by atomic mass is 9.60. The van der Waals surface area contributed by atoms with E-state index < -0.39 is 36.1 Å². The highest BCUT2D eigenvalue weighted by Gasteiger charge is 2.59. The molecule has 1 aromatic rings. The average molecular weight is 507 g/mol. The van der Waals surface area contributed by atoms with E-state index in [9.17, 15) is 24.9 Å². The van der Waals surface area contributed by atoms with Crippen LogP contribution in [0.15, 0.2) is 28.0 Å². The van der Waals surface area contributed by atoms with Gasteiger partial charge < -0.3 is 34.0 Å². The number of amides is 2. The molecule has 1 aromatic heterocycles. The van der Waals surface area contributed by atoms with E-state index in [2.05, 4.69) is 5.16 Å². The van der Waals surface area contributed by atoms with Crippen molar-refractivity contribution in [3.63, 3.8) is 0 Å². The van der Waals surface area contributed by atoms with Crippen molar-refractivity contribution in [2.75, 3.05) is 26.4 Å². The minimum Gasteiger partial charge on any atom is -0.467 e. The highest BCUT2D eigenvalue weighted by atomic mass is 16.6. The van der Waals surface area contributed by atoms with Crippen LogP contribution in [-0.2, 0) is 30.5 Å². The van der Waals surface area contributed by atoms with Crippen molar-refractivity contribution in [3.8, 4) is 0 Å². The number of aliphatic hydroxyl groups is 3. The number of hydrogen-bond acceptors (Lipinski definition) is 10. The summed E-state index contributed by atoms with van der Waals surface area (Å²) in [5, 5.41) is 35.8. The van der Waals surface area contributed by atoms with Gasteiger partial charge in [-0.15, -0.1) is 0 Å². The molecule has 2 saturated heterocycles. The third-order valence-electron chi connectivity index (χ3n) is 7.86. The van der Waals surface area contributed by atoms with Crippen LogP contribution < -0.4 is 0 Å². The molecule has 11 nitrogen and oxygen atoms in total. The molecule has 2 amide bonds. The molecule has 3 heterocycles. The Labute approximate surface area is 209 Å². The summed E-state index contributed by atoms with van der Waals surface area (Å²) in [4.78, 5) is 33.2. The van der Waals surface area contributed by atoms with Gasteiger partial charge in [0.25, 0.3) is 0 Å². The number of fused-ring (bicyclic) bond motifs is 3. The zero-order valence-electron chi connectivity index (χ0n) is 20.1. The summed E-state index contributed by atoms with van der Waals surface area (Å²) in [5.74, 6) is -1.98. The largest absolute Gasteiger partial charge is 0.467 e. The first kappa shape index (κ1) is 25.3. The number of ether oxygens (including phenoxy) is 2. The van der Waals surface area contributed by atoms with E-state index in [1.165, 1.54) is 4.90 Å². The zero-order valence-corrected chi connectivity index (χ0v) is 20.1. The van der Waals surface area contributed by atoms with Crippen LogP contribution in [0.1, 0.15) is 37.9 Å². The Bertz CT molecular complexity index is 945. The monoisotopic (exact) mass is 506 g/mol. The van der Waals surface area contributed by atoms with Crippen molar-refractivity contribution in [3.05, 3.63) is 24.2 Å². The van der Waals surface area contributed by atoms with Crippen LogP contribution in [0.5, 0.6) is 0 Å². The maximum Gasteiger partial charge on any atom is 0.233 e. The van der Waals surface area contributed by atoms with Crippen LogP contribution in [-0.4, -0.2) is 88.5 Å². The van der Waals surface area contributed by atoms with Crippen molar-refractivity contribution in [2.45, 2.75) is 63.1 Å². The molecule has 2 aliphatic heterocycles. The van der Waals surface area contributed by atoms with Gasteiger partial charge in [0.15, 0.2) is 0 Å². The number of hydrogen-bond donors (Lipinski definition) is 3. The predicted octanol–water partition coefficient (Wildman–Crippen LogP) is 0.462. The lowest BCUT2D eigenvalue weighted by Crippen LogP contribution is -2.54. The Kier molecular flexibility index (Phi) is 7.73. The SMILES string of the molecule is O=C1[C@H]2[C@H]3[C@H](O)[C@H](O)CC(=NOC[C@@H](O)COCc4ccco4)[C@H]3CC[C@H]2C(=O)N1C[C@@H]1CCCO1. The van der Waals surface area contributed by atoms with E-state index >= 15 is 0 Å². The van der Waals surface area contributed by atoms with Crippen LogP contribution in [0.4, 0.5) is 0 Å². The van der Waals surface area contributed by atoms with E-state index in [1.54, 1.807) is 18.4 Å². The number of carbonyl (C=O) groups is 2. The topological polar surface area (TPSA) is 151 Å². The zero-order chi connectivity index (χ0) is 25.2. The summed E-state index contributed by atoms with van der Waals surface area (Å²) in [6.45, 7) is 1.01. The minimum atomic E-state index is -1.14. The summed E-state index contributed by atoms with van der Waals surface area (Å²) in [6, 6.07) is 3.52. The van der Waals surface area contributed by atoms with Gasteiger partial charge in [-0.25, -0.2) is 0 Å². The molecule has 2 aliphatic carbocycles. The first-order chi connectivity index (χ1) is 17.4. The maximum atomic E-state index is 13.4. The number of imide groups is 1. The number of rotatable bonds is 9. The number of nitrogens with zero attached hydrogens (tertiary/aromatic N) is 2. The molecule has 0 spiro atoms. The van der Waals surface area contributed by atoms with Crippen LogP contribution >= 0.6 is 0 Å². The first-order valence-corrected chi connectivity index (χ1v) is 12.7. The highest BCUT2D eigenvalue weighted by Crippen LogP contribution is 2.49. The molecule has 198 valence electrons. The highest BCUT2D eigenvalue weighted by molar-refractivity contribution is 6.06. The van der Waals surface area contributed by atoms with Gasteiger partial charge in [-0.1, -0.05) is 5.16 Å². The Balaban J connectivity index is 1.21. The van der Waals surface area contributed by atoms with Crippen LogP contribution in [0.2, 0.25) is 0 Å². The Morgan fingerprint density at radius 2 is 1.97 bits per heavy atom. The van der Waals surface area contributed by atoms with E-state index in [4.69, 9.17) is 18.7 Å². The Hall–Kier alpha value is -2.31. The molecule has 0 aromatic carbocycles. The lowest BCUT2D eigenvalue weighted by Gasteiger charge is -2.45. The second kappa shape index (κ2) is 11.0. The molecule has 36 heavy (non-hydrogen) atoms. The van der Waals surface area contributed by atoms with Crippen molar-refractivity contribution in [1.82, 2.24) is 4.90 Å². The summed E-state index contributed by atoms with van der Waals surface area (Å²) < 4.78 is 16.2. The summed E-state index contributed by atoms with van der Waals surface area (Å²) in [5.41, 5.74) is 0.540. The maximum absolute atomic E-state index is 13.4. The molecule has 0 unspecified atom stereocenters. The summed E-state index contributed by atoms with van der Waals surface area (Å²) >= 11 is 0. The normalized spacial score (nSPS) is 36.2. The Morgan fingerprint density at radius 1 is 1.14 bits per heavy atom. The molecule has 11 heteroatoms. The van der Waals surface area contributed by atoms with Crippen molar-refractivity contribution >= 4 is 17.5 Å². The van der Waals surface area contributed by atoms with Gasteiger partial charge in [0.05, 0.1) is 55.3 Å². The molecule has 4 aliphatic rings. The predicted molar refractivity (Wildman–Crippen MR) is 123 cm³/mol. The molecule has 2 saturated carbocycles. The minimum absolute atomic E-state index is 0.0276. The molecular formula is C25H34N2O9. The van der Waals surface area contributed by atoms with Crippen molar-refractivity contribution < 1.29 is 43.6 Å². The van der Waals surface area contributed by atoms with E-state index in [0.29, 0.717) is 30.9 Å². The lowest BCUT2D eigenvalue weighted by molar-refractivity contribution is -0.143. The number of oxime groups is 1. The third-order valence-corrected chi connectivity index (χ3v) is 7.86. The quantitative estimate of drug-likeness (QED) is 0.320. The number of aliphatic hydroxyl groups excluding tert-OH is 3. The van der Waals surface area contributed by atoms with Gasteiger partial charge in [0.1, 0.15) is 25.1 Å². The van der Waals surface area contributed by atoms with Gasteiger partial charge in [-0.3, -0.25) is 14.5 Å². The smallest absolute Gasteiger partial charge is 0.233 e. The van der Waals surface area contributed by atoms with Crippen molar-refractivity contribution in [2.24, 2.45) is 28.8 Å². The fourth-order valence-electron chi connectivity index (χ4n) is 6.16. The third kappa shape index (κ3) is 5.08. The Morgan fingerprint density at radius 3 is 2.72 bits per heavy atom. The fourth-order valence-corrected chi connectivity index (χ4v) is 6.16. The van der Waals surface area contributed by atoms with Gasteiger partial charge in [0.2, 0.25) is 11.8 Å². The summed E-state index contributed by atoms with van der Waals surface area (Å²) in [7, 11) is 0. The molecule has 3 N–H and O–H groups in total. The van der Waals surface area contributed by atoms with Gasteiger partial charge >= 0.3 is 0 Å². The second-order valence-electron chi connectivity index (χ2n) is 10.2. The molecule has 0 bridgehead atoms. The number of carbonyl (C=O) groups excluding carboxylic acids is 2. The standard InChI is InChI=1S/C25H34N2O9/c28-14(11-33-13-16-4-2-8-35-16)12-36-26-19-9-20(29)23(30)21-17(19)5-6-18-22(21)25(32)27(24(18)31)10-15-3-1-7-34-15/h2,4,8,14-15,17-18,20-23,28-30H,1,3,5-7,9-13H2/t14-,15-,17+,18+,20+,21-,22+,23+/m0/s1. The first-order valence-electron chi connectivity index (χ1n) is 12.7. The van der Waals surface area contributed by atoms with Gasteiger partial charge in [-0.05, 0) is 37.8 Å². The number of likely N-dealkylation sites (tertiary alicyclic amines) is 1. The van der Waals surface area contributed by atoms with Crippen LogP contribution in [0, 0.1) is 23.7 Å². The average Bonchev–Trinajstić information content (AvgIpc) is 3.62. The van der Waals surface area contributed by atoms with E-state index in [1.807, 2.05) is 0 Å². The van der Waals surface area contributed by atoms with E-state index in [0.717, 1.165) is 12.8 Å². The van der Waals surface area contributed by atoms with Gasteiger partial charge in [0, 0.05) is 24.9 Å². The van der Waals surface area contributed by atoms with Crippen LogP contribution in [0.3, 0.4) is 0 Å².